The van der Waals surface area contributed by atoms with Crippen LogP contribution in [0.25, 0.3) is 11.2 Å². The van der Waals surface area contributed by atoms with Gasteiger partial charge in [-0.2, -0.15) is 0 Å². The van der Waals surface area contributed by atoms with Crippen molar-refractivity contribution in [3.63, 3.8) is 0 Å². The molecule has 7 nitrogen and oxygen atoms in total. The van der Waals surface area contributed by atoms with Crippen molar-refractivity contribution in [1.29, 1.82) is 0 Å². The Bertz CT molecular complexity index is 780. The Morgan fingerprint density at radius 1 is 1.27 bits per heavy atom. The molecular weight excluding hydrogens is 282 g/mol. The molecule has 0 amide bonds. The van der Waals surface area contributed by atoms with E-state index in [9.17, 15) is 9.59 Å². The van der Waals surface area contributed by atoms with E-state index in [0.29, 0.717) is 30.7 Å². The van der Waals surface area contributed by atoms with Crippen molar-refractivity contribution in [3.05, 3.63) is 26.7 Å². The molecule has 0 spiro atoms. The number of hydrogen-bond donors (Lipinski definition) is 2. The quantitative estimate of drug-likeness (QED) is 0.877. The van der Waals surface area contributed by atoms with Crippen LogP contribution in [0.2, 0.25) is 0 Å². The maximum absolute atomic E-state index is 12.4. The number of imidazole rings is 1. The lowest BCUT2D eigenvalue weighted by atomic mass is 9.95. The van der Waals surface area contributed by atoms with Crippen molar-refractivity contribution < 1.29 is 0 Å². The number of nitrogens with zero attached hydrogens (tertiary/aromatic N) is 3. The van der Waals surface area contributed by atoms with Crippen LogP contribution in [0.3, 0.4) is 0 Å². The average Bonchev–Trinajstić information content (AvgIpc) is 2.87. The molecule has 0 saturated heterocycles. The van der Waals surface area contributed by atoms with E-state index >= 15 is 0 Å². The second-order valence-electron chi connectivity index (χ2n) is 5.90. The highest BCUT2D eigenvalue weighted by Crippen LogP contribution is 2.28. The van der Waals surface area contributed by atoms with Gasteiger partial charge in [0.25, 0.3) is 5.56 Å². The van der Waals surface area contributed by atoms with Crippen LogP contribution in [0.4, 0.5) is 0 Å². The largest absolute Gasteiger partial charge is 0.330 e. The van der Waals surface area contributed by atoms with Crippen LogP contribution in [0.1, 0.15) is 50.9 Å². The zero-order chi connectivity index (χ0) is 15.7. The number of nitrogens with one attached hydrogen (secondary N) is 1. The summed E-state index contributed by atoms with van der Waals surface area (Å²) in [5.41, 5.74) is 5.96. The minimum atomic E-state index is -0.357. The number of aryl methyl sites for hydroxylation is 1. The molecule has 22 heavy (non-hydrogen) atoms. The summed E-state index contributed by atoms with van der Waals surface area (Å²) in [6, 6.07) is 0.131. The SMILES string of the molecule is CCn1c(CCN)nc2c1c(=O)[nH]c(=O)n2C1CCCCC1. The van der Waals surface area contributed by atoms with Crippen molar-refractivity contribution in [2.24, 2.45) is 5.73 Å². The summed E-state index contributed by atoms with van der Waals surface area (Å²) in [5, 5.41) is 0. The van der Waals surface area contributed by atoms with E-state index in [2.05, 4.69) is 9.97 Å². The lowest BCUT2D eigenvalue weighted by Gasteiger charge is -2.23. The molecule has 1 aliphatic carbocycles. The van der Waals surface area contributed by atoms with Gasteiger partial charge in [0.2, 0.25) is 0 Å². The van der Waals surface area contributed by atoms with E-state index in [1.165, 1.54) is 6.42 Å². The zero-order valence-electron chi connectivity index (χ0n) is 13.0. The van der Waals surface area contributed by atoms with E-state index in [1.54, 1.807) is 4.57 Å². The molecule has 0 aromatic carbocycles. The smallest absolute Gasteiger partial charge is 0.330 e. The maximum atomic E-state index is 12.4. The molecular formula is C15H23N5O2. The van der Waals surface area contributed by atoms with Crippen molar-refractivity contribution in [2.75, 3.05) is 6.54 Å². The van der Waals surface area contributed by atoms with Crippen LogP contribution >= 0.6 is 0 Å². The third kappa shape index (κ3) is 2.39. The van der Waals surface area contributed by atoms with Crippen LogP contribution in [0.5, 0.6) is 0 Å². The second-order valence-corrected chi connectivity index (χ2v) is 5.90. The van der Waals surface area contributed by atoms with E-state index in [4.69, 9.17) is 5.73 Å². The predicted octanol–water partition coefficient (Wildman–Crippen LogP) is 0.913. The highest BCUT2D eigenvalue weighted by Gasteiger charge is 2.23. The number of hydrogen-bond acceptors (Lipinski definition) is 4. The molecule has 2 aromatic rings. The normalized spacial score (nSPS) is 16.5. The molecule has 0 unspecified atom stereocenters. The standard InChI is InChI=1S/C15H23N5O2/c1-2-19-11(8-9-16)17-13-12(19)14(21)18-15(22)20(13)10-6-4-3-5-7-10/h10H,2-9,16H2,1H3,(H,18,21,22). The van der Waals surface area contributed by atoms with Gasteiger partial charge < -0.3 is 10.3 Å². The Morgan fingerprint density at radius 3 is 2.64 bits per heavy atom. The van der Waals surface area contributed by atoms with Gasteiger partial charge in [0, 0.05) is 19.0 Å². The van der Waals surface area contributed by atoms with E-state index in [1.807, 2.05) is 11.5 Å². The van der Waals surface area contributed by atoms with Crippen molar-refractivity contribution >= 4 is 11.2 Å². The minimum absolute atomic E-state index is 0.131. The van der Waals surface area contributed by atoms with Crippen molar-refractivity contribution in [3.8, 4) is 0 Å². The number of aromatic amines is 1. The monoisotopic (exact) mass is 305 g/mol. The summed E-state index contributed by atoms with van der Waals surface area (Å²) in [7, 11) is 0. The molecule has 0 radical (unpaired) electrons. The lowest BCUT2D eigenvalue weighted by molar-refractivity contribution is 0.349. The van der Waals surface area contributed by atoms with Gasteiger partial charge in [0.1, 0.15) is 5.82 Å². The molecule has 0 bridgehead atoms. The van der Waals surface area contributed by atoms with Gasteiger partial charge in [0.15, 0.2) is 11.2 Å². The first-order chi connectivity index (χ1) is 10.7. The molecule has 0 atom stereocenters. The van der Waals surface area contributed by atoms with Gasteiger partial charge in [-0.1, -0.05) is 19.3 Å². The number of H-pyrrole nitrogens is 1. The zero-order valence-corrected chi connectivity index (χ0v) is 13.0. The van der Waals surface area contributed by atoms with Gasteiger partial charge in [-0.3, -0.25) is 14.3 Å². The summed E-state index contributed by atoms with van der Waals surface area (Å²) in [5.74, 6) is 0.778. The predicted molar refractivity (Wildman–Crippen MR) is 85.2 cm³/mol. The van der Waals surface area contributed by atoms with Gasteiger partial charge >= 0.3 is 5.69 Å². The molecule has 3 rings (SSSR count). The Balaban J connectivity index is 2.27. The fraction of sp³-hybridized carbons (Fsp3) is 0.667. The van der Waals surface area contributed by atoms with Crippen LogP contribution in [0.15, 0.2) is 9.59 Å². The van der Waals surface area contributed by atoms with E-state index in [-0.39, 0.29) is 17.3 Å². The fourth-order valence-corrected chi connectivity index (χ4v) is 3.53. The van der Waals surface area contributed by atoms with Crippen LogP contribution in [-0.2, 0) is 13.0 Å². The van der Waals surface area contributed by atoms with Gasteiger partial charge in [-0.15, -0.1) is 0 Å². The first kappa shape index (κ1) is 15.0. The summed E-state index contributed by atoms with van der Waals surface area (Å²) in [4.78, 5) is 31.7. The number of fused-ring (bicyclic) bond motifs is 1. The number of nitrogens with two attached hydrogens (primary N) is 1. The first-order valence-corrected chi connectivity index (χ1v) is 8.11. The third-order valence-electron chi connectivity index (χ3n) is 4.53. The molecule has 1 fully saturated rings. The Labute approximate surface area is 128 Å². The molecule has 3 N–H and O–H groups in total. The molecule has 0 aliphatic heterocycles. The van der Waals surface area contributed by atoms with Crippen LogP contribution in [-0.4, -0.2) is 25.6 Å². The second kappa shape index (κ2) is 6.08. The van der Waals surface area contributed by atoms with Gasteiger partial charge in [-0.25, -0.2) is 9.78 Å². The van der Waals surface area contributed by atoms with Crippen LogP contribution in [0, 0.1) is 0 Å². The molecule has 2 aromatic heterocycles. The van der Waals surface area contributed by atoms with E-state index < -0.39 is 0 Å². The summed E-state index contributed by atoms with van der Waals surface area (Å²) in [6.07, 6.45) is 5.96. The number of rotatable bonds is 4. The molecule has 2 heterocycles. The third-order valence-corrected chi connectivity index (χ3v) is 4.53. The summed E-state index contributed by atoms with van der Waals surface area (Å²) in [6.45, 7) is 3.07. The summed E-state index contributed by atoms with van der Waals surface area (Å²) < 4.78 is 3.57. The minimum Gasteiger partial charge on any atom is -0.330 e. The Morgan fingerprint density at radius 2 is 2.00 bits per heavy atom. The average molecular weight is 305 g/mol. The maximum Gasteiger partial charge on any atom is 0.330 e. The first-order valence-electron chi connectivity index (χ1n) is 8.11. The number of aromatic nitrogens is 4. The molecule has 1 saturated carbocycles. The Hall–Kier alpha value is -1.89. The van der Waals surface area contributed by atoms with Crippen molar-refractivity contribution in [2.45, 2.75) is 58.0 Å². The highest BCUT2D eigenvalue weighted by atomic mass is 16.2. The molecule has 7 heteroatoms. The highest BCUT2D eigenvalue weighted by molar-refractivity contribution is 5.71. The van der Waals surface area contributed by atoms with E-state index in [0.717, 1.165) is 31.5 Å². The van der Waals surface area contributed by atoms with Crippen LogP contribution < -0.4 is 17.0 Å². The topological polar surface area (TPSA) is 98.7 Å². The van der Waals surface area contributed by atoms with Crippen molar-refractivity contribution in [1.82, 2.24) is 19.1 Å². The van der Waals surface area contributed by atoms with Gasteiger partial charge in [0.05, 0.1) is 0 Å². The molecule has 120 valence electrons. The molecule has 1 aliphatic rings. The summed E-state index contributed by atoms with van der Waals surface area (Å²) >= 11 is 0. The fourth-order valence-electron chi connectivity index (χ4n) is 3.53. The lowest BCUT2D eigenvalue weighted by Crippen LogP contribution is -2.34. The Kier molecular flexibility index (Phi) is 4.15. The van der Waals surface area contributed by atoms with Gasteiger partial charge in [-0.05, 0) is 26.3 Å².